The molecule has 0 aliphatic carbocycles. The van der Waals surface area contributed by atoms with Gasteiger partial charge in [0.05, 0.1) is 26.1 Å². The van der Waals surface area contributed by atoms with Gasteiger partial charge >= 0.3 is 5.97 Å². The molecule has 4 nitrogen and oxygen atoms in total. The smallest absolute Gasteiger partial charge is 0.309 e. The van der Waals surface area contributed by atoms with Crippen molar-refractivity contribution in [3.05, 3.63) is 11.6 Å². The minimum atomic E-state index is -0.183. The maximum atomic E-state index is 10.9. The summed E-state index contributed by atoms with van der Waals surface area (Å²) in [5.41, 5.74) is 1.10. The van der Waals surface area contributed by atoms with Gasteiger partial charge in [-0.15, -0.1) is 0 Å². The zero-order chi connectivity index (χ0) is 8.81. The first-order valence-corrected chi connectivity index (χ1v) is 3.99. The standard InChI is InChI=1S/C8H12N2O2/c1-2-12-8(11)4-3-7-5-9-10-6-7/h3H,2,4-6H2,1H3. The molecular formula is C8H12N2O2. The van der Waals surface area contributed by atoms with Crippen LogP contribution in [-0.4, -0.2) is 25.7 Å². The molecular weight excluding hydrogens is 156 g/mol. The first kappa shape index (κ1) is 8.90. The molecule has 66 valence electrons. The van der Waals surface area contributed by atoms with Crippen molar-refractivity contribution < 1.29 is 9.53 Å². The molecule has 1 aliphatic rings. The maximum Gasteiger partial charge on any atom is 0.309 e. The van der Waals surface area contributed by atoms with Crippen LogP contribution in [0.25, 0.3) is 0 Å². The molecule has 0 amide bonds. The van der Waals surface area contributed by atoms with E-state index >= 15 is 0 Å². The summed E-state index contributed by atoms with van der Waals surface area (Å²) >= 11 is 0. The van der Waals surface area contributed by atoms with Crippen LogP contribution in [-0.2, 0) is 9.53 Å². The number of esters is 1. The molecule has 0 fully saturated rings. The molecule has 0 atom stereocenters. The highest BCUT2D eigenvalue weighted by Crippen LogP contribution is 2.06. The molecule has 0 N–H and O–H groups in total. The number of hydrogen-bond acceptors (Lipinski definition) is 4. The van der Waals surface area contributed by atoms with Crippen LogP contribution in [0.5, 0.6) is 0 Å². The molecule has 1 rings (SSSR count). The summed E-state index contributed by atoms with van der Waals surface area (Å²) in [4.78, 5) is 10.9. The first-order chi connectivity index (χ1) is 5.83. The average molecular weight is 168 g/mol. The highest BCUT2D eigenvalue weighted by Gasteiger charge is 2.04. The van der Waals surface area contributed by atoms with Crippen molar-refractivity contribution in [2.75, 3.05) is 19.7 Å². The number of ether oxygens (including phenoxy) is 1. The summed E-state index contributed by atoms with van der Waals surface area (Å²) in [6.45, 7) is 3.51. The molecule has 0 aromatic carbocycles. The molecule has 0 bridgehead atoms. The third-order valence-electron chi connectivity index (χ3n) is 1.51. The van der Waals surface area contributed by atoms with E-state index in [-0.39, 0.29) is 5.97 Å². The van der Waals surface area contributed by atoms with Crippen molar-refractivity contribution >= 4 is 5.97 Å². The monoisotopic (exact) mass is 168 g/mol. The van der Waals surface area contributed by atoms with Gasteiger partial charge in [0, 0.05) is 0 Å². The Morgan fingerprint density at radius 3 is 2.83 bits per heavy atom. The average Bonchev–Trinajstić information content (AvgIpc) is 2.53. The largest absolute Gasteiger partial charge is 0.466 e. The topological polar surface area (TPSA) is 51.0 Å². The number of hydrogen-bond donors (Lipinski definition) is 0. The molecule has 0 aromatic heterocycles. The minimum absolute atomic E-state index is 0.183. The highest BCUT2D eigenvalue weighted by molar-refractivity contribution is 5.71. The second-order valence-corrected chi connectivity index (χ2v) is 2.47. The van der Waals surface area contributed by atoms with E-state index in [2.05, 4.69) is 10.2 Å². The number of carbonyl (C=O) groups excluding carboxylic acids is 1. The van der Waals surface area contributed by atoms with Gasteiger partial charge in [0.25, 0.3) is 0 Å². The highest BCUT2D eigenvalue weighted by atomic mass is 16.5. The van der Waals surface area contributed by atoms with Crippen LogP contribution in [0.4, 0.5) is 0 Å². The lowest BCUT2D eigenvalue weighted by molar-refractivity contribution is -0.142. The van der Waals surface area contributed by atoms with E-state index in [4.69, 9.17) is 4.74 Å². The quantitative estimate of drug-likeness (QED) is 0.471. The van der Waals surface area contributed by atoms with E-state index < -0.39 is 0 Å². The summed E-state index contributed by atoms with van der Waals surface area (Å²) in [6.07, 6.45) is 2.19. The Hall–Kier alpha value is -1.19. The predicted octanol–water partition coefficient (Wildman–Crippen LogP) is 1.33. The molecule has 0 saturated carbocycles. The Kier molecular flexibility index (Phi) is 3.44. The molecule has 4 heteroatoms. The summed E-state index contributed by atoms with van der Waals surface area (Å²) in [5.74, 6) is -0.183. The van der Waals surface area contributed by atoms with Gasteiger partial charge in [0.15, 0.2) is 0 Å². The van der Waals surface area contributed by atoms with Crippen LogP contribution in [0.1, 0.15) is 13.3 Å². The molecule has 1 aliphatic heterocycles. The Morgan fingerprint density at radius 2 is 2.25 bits per heavy atom. The number of azo groups is 1. The van der Waals surface area contributed by atoms with E-state index in [1.54, 1.807) is 6.92 Å². The van der Waals surface area contributed by atoms with Gasteiger partial charge in [-0.05, 0) is 12.5 Å². The van der Waals surface area contributed by atoms with Gasteiger partial charge in [-0.25, -0.2) is 0 Å². The van der Waals surface area contributed by atoms with Crippen LogP contribution in [0.3, 0.4) is 0 Å². The first-order valence-electron chi connectivity index (χ1n) is 3.99. The fourth-order valence-electron chi connectivity index (χ4n) is 0.908. The molecule has 12 heavy (non-hydrogen) atoms. The second-order valence-electron chi connectivity index (χ2n) is 2.47. The van der Waals surface area contributed by atoms with Crippen LogP contribution in [0.2, 0.25) is 0 Å². The second kappa shape index (κ2) is 4.64. The molecule has 0 saturated heterocycles. The van der Waals surface area contributed by atoms with E-state index in [0.717, 1.165) is 5.57 Å². The summed E-state index contributed by atoms with van der Waals surface area (Å²) in [6, 6.07) is 0. The Labute approximate surface area is 71.3 Å². The third-order valence-corrected chi connectivity index (χ3v) is 1.51. The Balaban J connectivity index is 2.24. The van der Waals surface area contributed by atoms with Crippen LogP contribution < -0.4 is 0 Å². The molecule has 0 spiro atoms. The fraction of sp³-hybridized carbons (Fsp3) is 0.625. The lowest BCUT2D eigenvalue weighted by Crippen LogP contribution is -2.02. The maximum absolute atomic E-state index is 10.9. The van der Waals surface area contributed by atoms with Crippen LogP contribution in [0, 0.1) is 0 Å². The lowest BCUT2D eigenvalue weighted by Gasteiger charge is -1.97. The fourth-order valence-corrected chi connectivity index (χ4v) is 0.908. The third kappa shape index (κ3) is 2.82. The zero-order valence-electron chi connectivity index (χ0n) is 7.12. The van der Waals surface area contributed by atoms with E-state index in [0.29, 0.717) is 26.1 Å². The van der Waals surface area contributed by atoms with Crippen molar-refractivity contribution in [3.63, 3.8) is 0 Å². The van der Waals surface area contributed by atoms with Crippen molar-refractivity contribution in [2.45, 2.75) is 13.3 Å². The predicted molar refractivity (Wildman–Crippen MR) is 43.9 cm³/mol. The Morgan fingerprint density at radius 1 is 1.58 bits per heavy atom. The van der Waals surface area contributed by atoms with Crippen molar-refractivity contribution in [2.24, 2.45) is 10.2 Å². The van der Waals surface area contributed by atoms with Gasteiger partial charge in [0.1, 0.15) is 0 Å². The van der Waals surface area contributed by atoms with Crippen molar-refractivity contribution in [3.8, 4) is 0 Å². The van der Waals surface area contributed by atoms with E-state index in [9.17, 15) is 4.79 Å². The van der Waals surface area contributed by atoms with E-state index in [1.165, 1.54) is 0 Å². The normalized spacial score (nSPS) is 14.9. The number of nitrogens with zero attached hydrogens (tertiary/aromatic N) is 2. The molecule has 0 radical (unpaired) electrons. The van der Waals surface area contributed by atoms with Crippen LogP contribution in [0.15, 0.2) is 21.9 Å². The summed E-state index contributed by atoms with van der Waals surface area (Å²) in [7, 11) is 0. The van der Waals surface area contributed by atoms with Gasteiger partial charge in [-0.3, -0.25) is 4.79 Å². The van der Waals surface area contributed by atoms with Crippen LogP contribution >= 0.6 is 0 Å². The molecule has 1 heterocycles. The van der Waals surface area contributed by atoms with Gasteiger partial charge in [-0.2, -0.15) is 10.2 Å². The number of carbonyl (C=O) groups is 1. The lowest BCUT2D eigenvalue weighted by atomic mass is 10.2. The van der Waals surface area contributed by atoms with Crippen molar-refractivity contribution in [1.82, 2.24) is 0 Å². The summed E-state index contributed by atoms with van der Waals surface area (Å²) in [5, 5.41) is 7.59. The molecule has 0 unspecified atom stereocenters. The van der Waals surface area contributed by atoms with E-state index in [1.807, 2.05) is 6.08 Å². The summed E-state index contributed by atoms with van der Waals surface area (Å²) < 4.78 is 4.76. The molecule has 0 aromatic rings. The van der Waals surface area contributed by atoms with Gasteiger partial charge < -0.3 is 4.74 Å². The minimum Gasteiger partial charge on any atom is -0.466 e. The zero-order valence-corrected chi connectivity index (χ0v) is 7.12. The number of rotatable bonds is 3. The van der Waals surface area contributed by atoms with Crippen molar-refractivity contribution in [1.29, 1.82) is 0 Å². The SMILES string of the molecule is CCOC(=O)CC=C1CN=NC1. The Bertz CT molecular complexity index is 211. The van der Waals surface area contributed by atoms with Gasteiger partial charge in [-0.1, -0.05) is 6.08 Å². The van der Waals surface area contributed by atoms with Gasteiger partial charge in [0.2, 0.25) is 0 Å².